The van der Waals surface area contributed by atoms with Crippen LogP contribution in [0.2, 0.25) is 0 Å². The molecule has 5 nitrogen and oxygen atoms in total. The van der Waals surface area contributed by atoms with E-state index in [0.29, 0.717) is 5.82 Å². The zero-order chi connectivity index (χ0) is 13.8. The SMILES string of the molecule is CC(C)NC(=O)C(C)Nc1ncnc2ccccc12. The number of aromatic nitrogens is 2. The summed E-state index contributed by atoms with van der Waals surface area (Å²) in [6.45, 7) is 5.68. The summed E-state index contributed by atoms with van der Waals surface area (Å²) in [7, 11) is 0. The second kappa shape index (κ2) is 5.65. The lowest BCUT2D eigenvalue weighted by atomic mass is 10.2. The van der Waals surface area contributed by atoms with Crippen LogP contribution in [0.15, 0.2) is 30.6 Å². The van der Waals surface area contributed by atoms with Gasteiger partial charge in [0.2, 0.25) is 5.91 Å². The van der Waals surface area contributed by atoms with Crippen LogP contribution in [0.25, 0.3) is 10.9 Å². The number of fused-ring (bicyclic) bond motifs is 1. The Bertz CT molecular complexity index is 577. The van der Waals surface area contributed by atoms with E-state index in [-0.39, 0.29) is 18.0 Å². The zero-order valence-electron chi connectivity index (χ0n) is 11.3. The molecule has 1 atom stereocenters. The van der Waals surface area contributed by atoms with Gasteiger partial charge in [0.1, 0.15) is 18.2 Å². The minimum absolute atomic E-state index is 0.0438. The minimum atomic E-state index is -0.347. The van der Waals surface area contributed by atoms with Gasteiger partial charge in [-0.05, 0) is 32.9 Å². The molecule has 0 radical (unpaired) electrons. The van der Waals surface area contributed by atoms with E-state index in [1.165, 1.54) is 6.33 Å². The van der Waals surface area contributed by atoms with Crippen LogP contribution < -0.4 is 10.6 Å². The van der Waals surface area contributed by atoms with E-state index in [1.807, 2.05) is 45.0 Å². The van der Waals surface area contributed by atoms with E-state index in [9.17, 15) is 4.79 Å². The highest BCUT2D eigenvalue weighted by Crippen LogP contribution is 2.18. The van der Waals surface area contributed by atoms with Crippen LogP contribution in [0.3, 0.4) is 0 Å². The molecule has 1 unspecified atom stereocenters. The Morgan fingerprint density at radius 3 is 2.63 bits per heavy atom. The summed E-state index contributed by atoms with van der Waals surface area (Å²) in [5, 5.41) is 6.90. The molecule has 0 spiro atoms. The van der Waals surface area contributed by atoms with Crippen LogP contribution in [-0.2, 0) is 4.79 Å². The Labute approximate surface area is 112 Å². The molecule has 1 aromatic heterocycles. The Kier molecular flexibility index (Phi) is 3.94. The smallest absolute Gasteiger partial charge is 0.242 e. The third kappa shape index (κ3) is 3.19. The molecule has 1 aromatic carbocycles. The van der Waals surface area contributed by atoms with Crippen molar-refractivity contribution < 1.29 is 4.79 Å². The molecule has 0 aliphatic heterocycles. The number of hydrogen-bond acceptors (Lipinski definition) is 4. The number of carbonyl (C=O) groups is 1. The molecule has 1 amide bonds. The number of nitrogens with zero attached hydrogens (tertiary/aromatic N) is 2. The molecule has 0 aliphatic rings. The third-order valence-corrected chi connectivity index (χ3v) is 2.72. The normalized spacial score (nSPS) is 12.4. The van der Waals surface area contributed by atoms with Crippen molar-refractivity contribution in [1.82, 2.24) is 15.3 Å². The van der Waals surface area contributed by atoms with Gasteiger partial charge in [-0.15, -0.1) is 0 Å². The molecule has 0 aliphatic carbocycles. The lowest BCUT2D eigenvalue weighted by Gasteiger charge is -2.17. The molecule has 0 saturated carbocycles. The maximum atomic E-state index is 11.9. The molecular weight excluding hydrogens is 240 g/mol. The molecule has 0 fully saturated rings. The van der Waals surface area contributed by atoms with Crippen molar-refractivity contribution in [2.24, 2.45) is 0 Å². The lowest BCUT2D eigenvalue weighted by molar-refractivity contribution is -0.122. The fourth-order valence-electron chi connectivity index (χ4n) is 1.80. The molecule has 2 rings (SSSR count). The quantitative estimate of drug-likeness (QED) is 0.879. The first kappa shape index (κ1) is 13.3. The average molecular weight is 258 g/mol. The van der Waals surface area contributed by atoms with Crippen molar-refractivity contribution in [3.05, 3.63) is 30.6 Å². The second-order valence-electron chi connectivity index (χ2n) is 4.77. The first-order valence-electron chi connectivity index (χ1n) is 6.34. The van der Waals surface area contributed by atoms with Crippen molar-refractivity contribution in [3.63, 3.8) is 0 Å². The van der Waals surface area contributed by atoms with Crippen molar-refractivity contribution >= 4 is 22.6 Å². The maximum Gasteiger partial charge on any atom is 0.242 e. The van der Waals surface area contributed by atoms with Crippen LogP contribution in [0.5, 0.6) is 0 Å². The van der Waals surface area contributed by atoms with E-state index in [4.69, 9.17) is 0 Å². The largest absolute Gasteiger partial charge is 0.358 e. The topological polar surface area (TPSA) is 66.9 Å². The molecule has 19 heavy (non-hydrogen) atoms. The maximum absolute atomic E-state index is 11.9. The van der Waals surface area contributed by atoms with Crippen molar-refractivity contribution in [1.29, 1.82) is 0 Å². The summed E-state index contributed by atoms with van der Waals surface area (Å²) in [6.07, 6.45) is 1.50. The number of rotatable bonds is 4. The zero-order valence-corrected chi connectivity index (χ0v) is 11.3. The first-order valence-corrected chi connectivity index (χ1v) is 6.34. The van der Waals surface area contributed by atoms with E-state index in [0.717, 1.165) is 10.9 Å². The van der Waals surface area contributed by atoms with E-state index in [1.54, 1.807) is 0 Å². The van der Waals surface area contributed by atoms with Crippen LogP contribution in [0.1, 0.15) is 20.8 Å². The summed E-state index contributed by atoms with van der Waals surface area (Å²) in [5.41, 5.74) is 0.858. The number of hydrogen-bond donors (Lipinski definition) is 2. The van der Waals surface area contributed by atoms with Gasteiger partial charge in [0.25, 0.3) is 0 Å². The lowest BCUT2D eigenvalue weighted by Crippen LogP contribution is -2.41. The summed E-state index contributed by atoms with van der Waals surface area (Å²) in [6, 6.07) is 7.48. The van der Waals surface area contributed by atoms with Gasteiger partial charge in [0.15, 0.2) is 0 Å². The van der Waals surface area contributed by atoms with Gasteiger partial charge in [-0.3, -0.25) is 4.79 Å². The highest BCUT2D eigenvalue weighted by Gasteiger charge is 2.15. The highest BCUT2D eigenvalue weighted by molar-refractivity contribution is 5.91. The number of benzene rings is 1. The van der Waals surface area contributed by atoms with Gasteiger partial charge in [-0.25, -0.2) is 9.97 Å². The predicted octanol–water partition coefficient (Wildman–Crippen LogP) is 1.95. The van der Waals surface area contributed by atoms with Crippen LogP contribution in [0, 0.1) is 0 Å². The van der Waals surface area contributed by atoms with Crippen LogP contribution in [0.4, 0.5) is 5.82 Å². The van der Waals surface area contributed by atoms with Crippen molar-refractivity contribution in [2.45, 2.75) is 32.9 Å². The number of amides is 1. The Morgan fingerprint density at radius 1 is 1.16 bits per heavy atom. The van der Waals surface area contributed by atoms with Crippen molar-refractivity contribution in [2.75, 3.05) is 5.32 Å². The van der Waals surface area contributed by atoms with Gasteiger partial charge in [-0.1, -0.05) is 12.1 Å². The molecule has 5 heteroatoms. The summed E-state index contributed by atoms with van der Waals surface area (Å²) < 4.78 is 0. The second-order valence-corrected chi connectivity index (χ2v) is 4.77. The Hall–Kier alpha value is -2.17. The fourth-order valence-corrected chi connectivity index (χ4v) is 1.80. The third-order valence-electron chi connectivity index (χ3n) is 2.72. The number of para-hydroxylation sites is 1. The van der Waals surface area contributed by atoms with Gasteiger partial charge in [0, 0.05) is 11.4 Å². The summed E-state index contributed by atoms with van der Waals surface area (Å²) >= 11 is 0. The molecular formula is C14H18N4O. The summed E-state index contributed by atoms with van der Waals surface area (Å²) in [4.78, 5) is 20.3. The molecule has 2 aromatic rings. The first-order chi connectivity index (χ1) is 9.08. The van der Waals surface area contributed by atoms with Gasteiger partial charge < -0.3 is 10.6 Å². The summed E-state index contributed by atoms with van der Waals surface area (Å²) in [5.74, 6) is 0.634. The van der Waals surface area contributed by atoms with E-state index < -0.39 is 0 Å². The van der Waals surface area contributed by atoms with Crippen LogP contribution in [-0.4, -0.2) is 28.0 Å². The monoisotopic (exact) mass is 258 g/mol. The van der Waals surface area contributed by atoms with Crippen molar-refractivity contribution in [3.8, 4) is 0 Å². The molecule has 1 heterocycles. The predicted molar refractivity (Wildman–Crippen MR) is 75.9 cm³/mol. The Balaban J connectivity index is 2.19. The average Bonchev–Trinajstić information content (AvgIpc) is 2.38. The Morgan fingerprint density at radius 2 is 1.89 bits per heavy atom. The molecule has 100 valence electrons. The van der Waals surface area contributed by atoms with E-state index >= 15 is 0 Å². The van der Waals surface area contributed by atoms with Gasteiger partial charge >= 0.3 is 0 Å². The minimum Gasteiger partial charge on any atom is -0.358 e. The standard InChI is InChI=1S/C14H18N4O/c1-9(2)17-14(19)10(3)18-13-11-6-4-5-7-12(11)15-8-16-13/h4-10H,1-3H3,(H,17,19)(H,15,16,18). The molecule has 2 N–H and O–H groups in total. The fraction of sp³-hybridized carbons (Fsp3) is 0.357. The van der Waals surface area contributed by atoms with Gasteiger partial charge in [-0.2, -0.15) is 0 Å². The molecule has 0 saturated heterocycles. The highest BCUT2D eigenvalue weighted by atomic mass is 16.2. The van der Waals surface area contributed by atoms with Gasteiger partial charge in [0.05, 0.1) is 5.52 Å². The molecule has 0 bridgehead atoms. The van der Waals surface area contributed by atoms with E-state index in [2.05, 4.69) is 20.6 Å². The number of anilines is 1. The number of nitrogens with one attached hydrogen (secondary N) is 2. The van der Waals surface area contributed by atoms with Crippen LogP contribution >= 0.6 is 0 Å². The number of carbonyl (C=O) groups excluding carboxylic acids is 1.